The summed E-state index contributed by atoms with van der Waals surface area (Å²) in [7, 11) is 0. The molecule has 0 aliphatic heterocycles. The Hall–Kier alpha value is -6.85. The number of aromatic nitrogens is 3. The highest BCUT2D eigenvalue weighted by Crippen LogP contribution is 2.50. The van der Waals surface area contributed by atoms with Gasteiger partial charge in [0.15, 0.2) is 17.5 Å². The molecule has 0 saturated carbocycles. The van der Waals surface area contributed by atoms with Crippen molar-refractivity contribution in [2.75, 3.05) is 0 Å². The van der Waals surface area contributed by atoms with Crippen LogP contribution in [0.1, 0.15) is 25.0 Å². The minimum Gasteiger partial charge on any atom is -0.455 e. The zero-order valence-corrected chi connectivity index (χ0v) is 29.1. The molecule has 0 radical (unpaired) electrons. The summed E-state index contributed by atoms with van der Waals surface area (Å²) in [6, 6.07) is 52.6. The lowest BCUT2D eigenvalue weighted by Gasteiger charge is -2.21. The van der Waals surface area contributed by atoms with Crippen molar-refractivity contribution >= 4 is 43.9 Å². The van der Waals surface area contributed by atoms with Crippen LogP contribution in [0.15, 0.2) is 160 Å². The van der Waals surface area contributed by atoms with Gasteiger partial charge < -0.3 is 8.83 Å². The van der Waals surface area contributed by atoms with Crippen LogP contribution < -0.4 is 0 Å². The van der Waals surface area contributed by atoms with Crippen molar-refractivity contribution < 1.29 is 8.83 Å². The molecule has 0 saturated heterocycles. The molecule has 0 spiro atoms. The second kappa shape index (κ2) is 11.1. The largest absolute Gasteiger partial charge is 0.455 e. The Morgan fingerprint density at radius 3 is 1.70 bits per heavy atom. The molecule has 11 rings (SSSR count). The van der Waals surface area contributed by atoms with Crippen molar-refractivity contribution in [2.24, 2.45) is 0 Å². The van der Waals surface area contributed by atoms with Gasteiger partial charge in [0.25, 0.3) is 0 Å². The maximum atomic E-state index is 6.66. The fourth-order valence-electron chi connectivity index (χ4n) is 8.31. The molecule has 0 amide bonds. The Morgan fingerprint density at radius 2 is 0.925 bits per heavy atom. The highest BCUT2D eigenvalue weighted by Gasteiger charge is 2.35. The summed E-state index contributed by atoms with van der Waals surface area (Å²) < 4.78 is 13.1. The average molecular weight is 682 g/mol. The van der Waals surface area contributed by atoms with Crippen LogP contribution in [0.3, 0.4) is 0 Å². The standard InChI is InChI=1S/C48H31N3O2/c1-48(2)39-20-8-6-14-31(39)37-26-29(22-24-40(37)48)30-23-25-42-38(27-30)34-17-11-19-36(44(34)53-42)47-50-45(28-12-4-3-5-13-28)49-46(51-47)35-18-10-16-33-32-15-7-9-21-41(32)52-43(33)35/h3-27H,1-2H3. The van der Waals surface area contributed by atoms with Crippen LogP contribution in [0.2, 0.25) is 0 Å². The lowest BCUT2D eigenvalue weighted by atomic mass is 9.82. The van der Waals surface area contributed by atoms with Crippen LogP contribution in [0.5, 0.6) is 0 Å². The molecule has 5 nitrogen and oxygen atoms in total. The lowest BCUT2D eigenvalue weighted by molar-refractivity contribution is 0.660. The van der Waals surface area contributed by atoms with Gasteiger partial charge in [0.1, 0.15) is 22.3 Å². The van der Waals surface area contributed by atoms with Gasteiger partial charge in [-0.2, -0.15) is 0 Å². The maximum absolute atomic E-state index is 6.66. The molecule has 1 aliphatic rings. The van der Waals surface area contributed by atoms with E-state index < -0.39 is 0 Å². The van der Waals surface area contributed by atoms with Crippen molar-refractivity contribution in [3.63, 3.8) is 0 Å². The van der Waals surface area contributed by atoms with Crippen LogP contribution in [-0.2, 0) is 5.41 Å². The SMILES string of the molecule is CC1(C)c2ccccc2-c2cc(-c3ccc4oc5c(-c6nc(-c7ccccc7)nc(-c7cccc8c7oc7ccccc78)n6)cccc5c4c3)ccc21. The van der Waals surface area contributed by atoms with Gasteiger partial charge in [0, 0.05) is 32.5 Å². The Morgan fingerprint density at radius 1 is 0.377 bits per heavy atom. The van der Waals surface area contributed by atoms with E-state index in [0.29, 0.717) is 17.5 Å². The van der Waals surface area contributed by atoms with E-state index in [4.69, 9.17) is 23.8 Å². The lowest BCUT2D eigenvalue weighted by Crippen LogP contribution is -2.14. The van der Waals surface area contributed by atoms with Gasteiger partial charge in [0.05, 0.1) is 11.1 Å². The molecule has 3 heterocycles. The number of hydrogen-bond donors (Lipinski definition) is 0. The molecule has 3 aromatic heterocycles. The van der Waals surface area contributed by atoms with E-state index in [-0.39, 0.29) is 5.41 Å². The second-order valence-corrected chi connectivity index (χ2v) is 14.4. The van der Waals surface area contributed by atoms with Crippen molar-refractivity contribution in [1.82, 2.24) is 15.0 Å². The molecular formula is C48H31N3O2. The molecule has 0 bridgehead atoms. The smallest absolute Gasteiger partial charge is 0.167 e. The van der Waals surface area contributed by atoms with Gasteiger partial charge in [-0.15, -0.1) is 0 Å². The topological polar surface area (TPSA) is 65.0 Å². The highest BCUT2D eigenvalue weighted by molar-refractivity contribution is 6.11. The highest BCUT2D eigenvalue weighted by atomic mass is 16.3. The van der Waals surface area contributed by atoms with Gasteiger partial charge in [0.2, 0.25) is 0 Å². The molecule has 1 aliphatic carbocycles. The first kappa shape index (κ1) is 29.8. The summed E-state index contributed by atoms with van der Waals surface area (Å²) in [6.45, 7) is 4.63. The molecule has 53 heavy (non-hydrogen) atoms. The Kier molecular flexibility index (Phi) is 6.23. The molecule has 5 heteroatoms. The quantitative estimate of drug-likeness (QED) is 0.185. The molecule has 250 valence electrons. The van der Waals surface area contributed by atoms with Gasteiger partial charge in [-0.3, -0.25) is 0 Å². The van der Waals surface area contributed by atoms with Crippen LogP contribution in [0.4, 0.5) is 0 Å². The zero-order valence-electron chi connectivity index (χ0n) is 29.1. The fourth-order valence-corrected chi connectivity index (χ4v) is 8.31. The predicted octanol–water partition coefficient (Wildman–Crippen LogP) is 12.6. The average Bonchev–Trinajstić information content (AvgIpc) is 3.85. The number of para-hydroxylation sites is 3. The first-order chi connectivity index (χ1) is 26.0. The third kappa shape index (κ3) is 4.47. The summed E-state index contributed by atoms with van der Waals surface area (Å²) in [5.74, 6) is 1.65. The fraction of sp³-hybridized carbons (Fsp3) is 0.0625. The third-order valence-corrected chi connectivity index (χ3v) is 11.0. The van der Waals surface area contributed by atoms with E-state index in [1.807, 2.05) is 66.7 Å². The van der Waals surface area contributed by atoms with E-state index in [2.05, 4.69) is 98.8 Å². The Labute approximate surface area is 305 Å². The van der Waals surface area contributed by atoms with Crippen molar-refractivity contribution in [3.8, 4) is 56.4 Å². The summed E-state index contributed by atoms with van der Waals surface area (Å²) in [5.41, 5.74) is 13.3. The Bertz CT molecular complexity index is 3100. The number of hydrogen-bond acceptors (Lipinski definition) is 5. The van der Waals surface area contributed by atoms with Crippen molar-refractivity contribution in [2.45, 2.75) is 19.3 Å². The minimum absolute atomic E-state index is 0.0284. The van der Waals surface area contributed by atoms with E-state index in [1.54, 1.807) is 0 Å². The third-order valence-electron chi connectivity index (χ3n) is 11.0. The first-order valence-electron chi connectivity index (χ1n) is 17.9. The second-order valence-electron chi connectivity index (χ2n) is 14.4. The Balaban J connectivity index is 1.08. The molecular weight excluding hydrogens is 651 g/mol. The molecule has 0 atom stereocenters. The number of benzene rings is 7. The molecule has 0 unspecified atom stereocenters. The summed E-state index contributed by atoms with van der Waals surface area (Å²) in [4.78, 5) is 15.2. The number of furan rings is 2. The van der Waals surface area contributed by atoms with Gasteiger partial charge in [-0.05, 0) is 69.8 Å². The first-order valence-corrected chi connectivity index (χ1v) is 17.9. The maximum Gasteiger partial charge on any atom is 0.167 e. The molecule has 10 aromatic rings. The monoisotopic (exact) mass is 681 g/mol. The zero-order chi connectivity index (χ0) is 35.3. The molecule has 7 aromatic carbocycles. The van der Waals surface area contributed by atoms with Gasteiger partial charge in [-0.1, -0.05) is 129 Å². The van der Waals surface area contributed by atoms with Crippen LogP contribution in [0, 0.1) is 0 Å². The normalized spacial score (nSPS) is 13.2. The molecule has 0 N–H and O–H groups in total. The van der Waals surface area contributed by atoms with Crippen LogP contribution in [-0.4, -0.2) is 15.0 Å². The minimum atomic E-state index is -0.0284. The van der Waals surface area contributed by atoms with Gasteiger partial charge in [-0.25, -0.2) is 15.0 Å². The molecule has 0 fully saturated rings. The number of nitrogens with zero attached hydrogens (tertiary/aromatic N) is 3. The van der Waals surface area contributed by atoms with E-state index in [1.165, 1.54) is 27.8 Å². The van der Waals surface area contributed by atoms with Crippen LogP contribution >= 0.6 is 0 Å². The van der Waals surface area contributed by atoms with Crippen LogP contribution in [0.25, 0.3) is 100 Å². The van der Waals surface area contributed by atoms with Gasteiger partial charge >= 0.3 is 0 Å². The van der Waals surface area contributed by atoms with Crippen molar-refractivity contribution in [3.05, 3.63) is 163 Å². The summed E-state index contributed by atoms with van der Waals surface area (Å²) in [5, 5.41) is 4.13. The van der Waals surface area contributed by atoms with E-state index >= 15 is 0 Å². The van der Waals surface area contributed by atoms with Crippen molar-refractivity contribution in [1.29, 1.82) is 0 Å². The number of rotatable bonds is 4. The summed E-state index contributed by atoms with van der Waals surface area (Å²) in [6.07, 6.45) is 0. The summed E-state index contributed by atoms with van der Waals surface area (Å²) >= 11 is 0. The predicted molar refractivity (Wildman–Crippen MR) is 214 cm³/mol. The number of fused-ring (bicyclic) bond motifs is 9. The van der Waals surface area contributed by atoms with E-state index in [9.17, 15) is 0 Å². The van der Waals surface area contributed by atoms with E-state index in [0.717, 1.165) is 66.1 Å².